The first kappa shape index (κ1) is 22.5. The van der Waals surface area contributed by atoms with E-state index in [2.05, 4.69) is 0 Å². The molecule has 43 valence electrons. The third-order valence-corrected chi connectivity index (χ3v) is 0. The van der Waals surface area contributed by atoms with E-state index in [9.17, 15) is 0 Å². The minimum atomic E-state index is -5.17. The topological polar surface area (TPSA) is 112 Å². The molecule has 0 rings (SSSR count). The molecular formula is H2CrKO5S+2. The molecule has 0 fully saturated rings. The van der Waals surface area contributed by atoms with Gasteiger partial charge in [-0.25, -0.2) is 0 Å². The Hall–Kier alpha value is 2.00. The average Bonchev–Trinajstić information content (AvgIpc) is 0.722. The smallest absolute Gasteiger partial charge is 0.759 e. The second-order valence-electron chi connectivity index (χ2n) is 0.408. The molecule has 0 atom stereocenters. The standard InChI is InChI=1S/Cr.K.H2O4S.H2O/c;;1-5(2,3)4;/h;;(H2,1,2,3,4);1H2/q+3;+1;;/p-2. The summed E-state index contributed by atoms with van der Waals surface area (Å²) < 4.78 is 34.1. The zero-order chi connectivity index (χ0) is 4.50. The Balaban J connectivity index is -0.0000000267. The van der Waals surface area contributed by atoms with Crippen molar-refractivity contribution in [2.45, 2.75) is 0 Å². The fraction of sp³-hybridized carbons (Fsp3) is 0. The van der Waals surface area contributed by atoms with Crippen molar-refractivity contribution in [3.8, 4) is 0 Å². The van der Waals surface area contributed by atoms with Crippen molar-refractivity contribution in [3.63, 3.8) is 0 Å². The van der Waals surface area contributed by atoms with Crippen molar-refractivity contribution in [3.05, 3.63) is 0 Å². The van der Waals surface area contributed by atoms with Crippen LogP contribution in [-0.4, -0.2) is 23.0 Å². The van der Waals surface area contributed by atoms with Gasteiger partial charge in [0, 0.05) is 10.4 Å². The maximum atomic E-state index is 8.52. The Morgan fingerprint density at radius 3 is 1.12 bits per heavy atom. The van der Waals surface area contributed by atoms with Crippen molar-refractivity contribution < 1.29 is 91.7 Å². The van der Waals surface area contributed by atoms with Crippen LogP contribution < -0.4 is 51.4 Å². The monoisotopic (exact) mass is 205 g/mol. The molecule has 0 unspecified atom stereocenters. The minimum Gasteiger partial charge on any atom is -0.759 e. The summed E-state index contributed by atoms with van der Waals surface area (Å²) in [7, 11) is -5.17. The molecular weight excluding hydrogens is 203 g/mol. The summed E-state index contributed by atoms with van der Waals surface area (Å²) in [6.45, 7) is 0. The summed E-state index contributed by atoms with van der Waals surface area (Å²) in [5.41, 5.74) is 0. The molecule has 0 saturated carbocycles. The summed E-state index contributed by atoms with van der Waals surface area (Å²) in [6, 6.07) is 0. The van der Waals surface area contributed by atoms with Crippen LogP contribution in [0.3, 0.4) is 0 Å². The van der Waals surface area contributed by atoms with E-state index in [-0.39, 0.29) is 74.2 Å². The van der Waals surface area contributed by atoms with Gasteiger partial charge in [0.05, 0.1) is 0 Å². The van der Waals surface area contributed by atoms with E-state index in [4.69, 9.17) is 17.5 Å². The Kier molecular flexibility index (Phi) is 25.3. The van der Waals surface area contributed by atoms with Crippen LogP contribution >= 0.6 is 0 Å². The van der Waals surface area contributed by atoms with Gasteiger partial charge in [0.1, 0.15) is 0 Å². The van der Waals surface area contributed by atoms with Crippen LogP contribution in [-0.2, 0) is 27.8 Å². The Bertz CT molecular complexity index is 95.6. The molecule has 0 amide bonds. The van der Waals surface area contributed by atoms with E-state index in [0.29, 0.717) is 0 Å². The van der Waals surface area contributed by atoms with Gasteiger partial charge in [-0.1, -0.05) is 0 Å². The molecule has 0 aromatic rings. The quantitative estimate of drug-likeness (QED) is 0.223. The molecule has 8 heavy (non-hydrogen) atoms. The van der Waals surface area contributed by atoms with Crippen molar-refractivity contribution in [2.75, 3.05) is 0 Å². The molecule has 0 aromatic carbocycles. The van der Waals surface area contributed by atoms with Crippen molar-refractivity contribution >= 4 is 10.4 Å². The average molecular weight is 205 g/mol. The third kappa shape index (κ3) is 98.1. The van der Waals surface area contributed by atoms with Gasteiger partial charge in [-0.3, -0.25) is 8.42 Å². The van der Waals surface area contributed by atoms with Gasteiger partial charge >= 0.3 is 68.7 Å². The van der Waals surface area contributed by atoms with Crippen LogP contribution in [0.4, 0.5) is 0 Å². The van der Waals surface area contributed by atoms with Gasteiger partial charge in [0.2, 0.25) is 0 Å². The summed E-state index contributed by atoms with van der Waals surface area (Å²) >= 11 is 0. The predicted molar refractivity (Wildman–Crippen MR) is 14.1 cm³/mol. The van der Waals surface area contributed by atoms with Crippen LogP contribution in [0.25, 0.3) is 0 Å². The maximum Gasteiger partial charge on any atom is 3.00 e. The van der Waals surface area contributed by atoms with Gasteiger partial charge in [-0.05, 0) is 0 Å². The van der Waals surface area contributed by atoms with E-state index >= 15 is 0 Å². The van der Waals surface area contributed by atoms with E-state index in [1.54, 1.807) is 0 Å². The summed E-state index contributed by atoms with van der Waals surface area (Å²) in [5.74, 6) is 0. The molecule has 1 radical (unpaired) electrons. The third-order valence-electron chi connectivity index (χ3n) is 0. The molecule has 5 nitrogen and oxygen atoms in total. The molecule has 2 N–H and O–H groups in total. The van der Waals surface area contributed by atoms with E-state index in [1.165, 1.54) is 0 Å². The van der Waals surface area contributed by atoms with Crippen LogP contribution in [0.1, 0.15) is 0 Å². The minimum absolute atomic E-state index is 0. The molecule has 0 bridgehead atoms. The fourth-order valence-electron chi connectivity index (χ4n) is 0. The second-order valence-corrected chi connectivity index (χ2v) is 1.22. The van der Waals surface area contributed by atoms with Gasteiger partial charge in [0.15, 0.2) is 0 Å². The number of rotatable bonds is 0. The summed E-state index contributed by atoms with van der Waals surface area (Å²) in [4.78, 5) is 0. The SMILES string of the molecule is O.O=S(=O)([O-])[O-].[Cr+3].[K+]. The van der Waals surface area contributed by atoms with E-state index in [0.717, 1.165) is 0 Å². The zero-order valence-electron chi connectivity index (χ0n) is 3.95. The molecule has 8 heteroatoms. The number of hydrogen-bond donors (Lipinski definition) is 0. The Morgan fingerprint density at radius 1 is 1.12 bits per heavy atom. The van der Waals surface area contributed by atoms with Crippen LogP contribution in [0.15, 0.2) is 0 Å². The Labute approximate surface area is 100 Å². The maximum absolute atomic E-state index is 8.52. The molecule has 0 aliphatic heterocycles. The van der Waals surface area contributed by atoms with Gasteiger partial charge in [0.25, 0.3) is 0 Å². The number of hydrogen-bond acceptors (Lipinski definition) is 4. The van der Waals surface area contributed by atoms with Crippen LogP contribution in [0, 0.1) is 0 Å². The van der Waals surface area contributed by atoms with E-state index < -0.39 is 10.4 Å². The summed E-state index contributed by atoms with van der Waals surface area (Å²) in [6.07, 6.45) is 0. The molecule has 0 aromatic heterocycles. The van der Waals surface area contributed by atoms with Crippen molar-refractivity contribution in [2.24, 2.45) is 0 Å². The summed E-state index contributed by atoms with van der Waals surface area (Å²) in [5, 5.41) is 0. The largest absolute Gasteiger partial charge is 3.00 e. The normalized spacial score (nSPS) is 7.25. The molecule has 0 aliphatic carbocycles. The van der Waals surface area contributed by atoms with Gasteiger partial charge < -0.3 is 14.6 Å². The van der Waals surface area contributed by atoms with Crippen molar-refractivity contribution in [1.82, 2.24) is 0 Å². The zero-order valence-corrected chi connectivity index (χ0v) is 9.16. The van der Waals surface area contributed by atoms with E-state index in [1.807, 2.05) is 0 Å². The van der Waals surface area contributed by atoms with Crippen LogP contribution in [0.2, 0.25) is 0 Å². The molecule has 0 saturated heterocycles. The van der Waals surface area contributed by atoms with Crippen molar-refractivity contribution in [1.29, 1.82) is 0 Å². The van der Waals surface area contributed by atoms with Crippen LogP contribution in [0.5, 0.6) is 0 Å². The van der Waals surface area contributed by atoms with Gasteiger partial charge in [-0.2, -0.15) is 0 Å². The first-order valence-corrected chi connectivity index (χ1v) is 2.00. The molecule has 0 spiro atoms. The Morgan fingerprint density at radius 2 is 1.12 bits per heavy atom. The predicted octanol–water partition coefficient (Wildman–Crippen LogP) is -5.16. The first-order valence-electron chi connectivity index (χ1n) is 0.667. The first-order chi connectivity index (χ1) is 2.00. The molecule has 0 aliphatic rings. The van der Waals surface area contributed by atoms with Gasteiger partial charge in [-0.15, -0.1) is 0 Å². The second kappa shape index (κ2) is 9.00. The fourth-order valence-corrected chi connectivity index (χ4v) is 0. The molecule has 0 heterocycles.